The largest absolute Gasteiger partial charge is 0.465 e. The zero-order chi connectivity index (χ0) is 23.7. The fraction of sp³-hybridized carbons (Fsp3) is 0.370. The molecule has 0 spiro atoms. The standard InChI is InChI=1S/C27H31N5O2/c1-4-27(18-9-6-5-7-10-18)16-19(28-2)11-8-14-29-23-22-20-13-12-17(25(33)34-3)15-21(20)30-24(22)32-26(27)31-23/h5-7,9-10,12-13,15,19,28H,4,8,11,14,16H2,1-3H3,(H2,29,30,31,32). The molecule has 2 aromatic heterocycles. The molecule has 0 amide bonds. The summed E-state index contributed by atoms with van der Waals surface area (Å²) < 4.78 is 4.91. The van der Waals surface area contributed by atoms with Crippen LogP contribution in [0.15, 0.2) is 48.5 Å². The molecule has 5 rings (SSSR count). The first-order valence-electron chi connectivity index (χ1n) is 12.0. The normalized spacial score (nSPS) is 20.7. The Labute approximate surface area is 199 Å². The van der Waals surface area contributed by atoms with Crippen molar-refractivity contribution < 1.29 is 9.53 Å². The van der Waals surface area contributed by atoms with Crippen LogP contribution in [0.5, 0.6) is 0 Å². The molecular formula is C27H31N5O2. The van der Waals surface area contributed by atoms with E-state index >= 15 is 0 Å². The minimum Gasteiger partial charge on any atom is -0.465 e. The second kappa shape index (κ2) is 9.06. The van der Waals surface area contributed by atoms with Gasteiger partial charge in [-0.3, -0.25) is 0 Å². The van der Waals surface area contributed by atoms with E-state index in [0.29, 0.717) is 11.6 Å². The van der Waals surface area contributed by atoms with Gasteiger partial charge in [-0.15, -0.1) is 0 Å². The molecule has 3 N–H and O–H groups in total. The predicted molar refractivity (Wildman–Crippen MR) is 135 cm³/mol. The van der Waals surface area contributed by atoms with E-state index in [-0.39, 0.29) is 11.4 Å². The number of methoxy groups -OCH3 is 1. The van der Waals surface area contributed by atoms with Gasteiger partial charge in [-0.2, -0.15) is 0 Å². The summed E-state index contributed by atoms with van der Waals surface area (Å²) in [5, 5.41) is 9.07. The zero-order valence-corrected chi connectivity index (χ0v) is 19.9. The van der Waals surface area contributed by atoms with Crippen LogP contribution in [0.1, 0.15) is 54.4 Å². The second-order valence-corrected chi connectivity index (χ2v) is 9.06. The summed E-state index contributed by atoms with van der Waals surface area (Å²) in [5.74, 6) is 1.30. The van der Waals surface area contributed by atoms with E-state index in [1.807, 2.05) is 19.2 Å². The maximum Gasteiger partial charge on any atom is 0.337 e. The molecule has 0 saturated heterocycles. The number of fused-ring (bicyclic) bond motifs is 6. The number of rotatable bonds is 4. The zero-order valence-electron chi connectivity index (χ0n) is 19.9. The summed E-state index contributed by atoms with van der Waals surface area (Å²) >= 11 is 0. The van der Waals surface area contributed by atoms with Crippen molar-refractivity contribution >= 4 is 33.7 Å². The number of H-pyrrole nitrogens is 1. The van der Waals surface area contributed by atoms with Crippen molar-refractivity contribution in [1.82, 2.24) is 20.3 Å². The highest BCUT2D eigenvalue weighted by Crippen LogP contribution is 2.41. The number of carbonyl (C=O) groups excluding carboxylic acids is 1. The fourth-order valence-corrected chi connectivity index (χ4v) is 5.31. The van der Waals surface area contributed by atoms with Gasteiger partial charge in [-0.05, 0) is 50.4 Å². The number of carbonyl (C=O) groups is 1. The van der Waals surface area contributed by atoms with Crippen LogP contribution in [-0.2, 0) is 10.2 Å². The molecule has 0 saturated carbocycles. The Bertz CT molecular complexity index is 1330. The molecule has 7 heteroatoms. The molecule has 34 heavy (non-hydrogen) atoms. The third-order valence-electron chi connectivity index (χ3n) is 7.25. The lowest BCUT2D eigenvalue weighted by molar-refractivity contribution is 0.0601. The number of aromatic amines is 1. The van der Waals surface area contributed by atoms with Crippen molar-refractivity contribution in [3.05, 3.63) is 65.5 Å². The van der Waals surface area contributed by atoms with E-state index in [1.165, 1.54) is 12.7 Å². The predicted octanol–water partition coefficient (Wildman–Crippen LogP) is 4.78. The molecular weight excluding hydrogens is 426 g/mol. The number of benzene rings is 2. The molecule has 0 fully saturated rings. The van der Waals surface area contributed by atoms with E-state index in [0.717, 1.165) is 65.8 Å². The number of hydrogen-bond donors (Lipinski definition) is 3. The van der Waals surface area contributed by atoms with Crippen LogP contribution in [0, 0.1) is 0 Å². The molecule has 0 radical (unpaired) electrons. The molecule has 3 heterocycles. The lowest BCUT2D eigenvalue weighted by Crippen LogP contribution is -2.39. The highest BCUT2D eigenvalue weighted by molar-refractivity contribution is 6.12. The number of nitrogens with zero attached hydrogens (tertiary/aromatic N) is 2. The first-order chi connectivity index (χ1) is 16.6. The Morgan fingerprint density at radius 1 is 1.21 bits per heavy atom. The van der Waals surface area contributed by atoms with Crippen LogP contribution in [0.3, 0.4) is 0 Å². The first kappa shape index (κ1) is 22.3. The van der Waals surface area contributed by atoms with Gasteiger partial charge in [0.2, 0.25) is 0 Å². The number of aromatic nitrogens is 3. The minimum atomic E-state index is -0.358. The van der Waals surface area contributed by atoms with E-state index in [4.69, 9.17) is 14.7 Å². The lowest BCUT2D eigenvalue weighted by atomic mass is 9.72. The van der Waals surface area contributed by atoms with Crippen LogP contribution in [0.2, 0.25) is 0 Å². The number of ether oxygens (including phenoxy) is 1. The molecule has 176 valence electrons. The first-order valence-corrected chi connectivity index (χ1v) is 12.0. The number of hydrogen-bond acceptors (Lipinski definition) is 6. The highest BCUT2D eigenvalue weighted by atomic mass is 16.5. The molecule has 1 aliphatic rings. The Morgan fingerprint density at radius 3 is 2.76 bits per heavy atom. The molecule has 2 unspecified atom stereocenters. The van der Waals surface area contributed by atoms with Crippen molar-refractivity contribution in [3.8, 4) is 0 Å². The second-order valence-electron chi connectivity index (χ2n) is 9.06. The third kappa shape index (κ3) is 3.70. The molecule has 2 atom stereocenters. The van der Waals surface area contributed by atoms with Crippen LogP contribution in [0.25, 0.3) is 21.9 Å². The molecule has 0 aliphatic carbocycles. The Balaban J connectivity index is 1.77. The van der Waals surface area contributed by atoms with Gasteiger partial charge in [0.1, 0.15) is 17.3 Å². The van der Waals surface area contributed by atoms with Crippen molar-refractivity contribution in [3.63, 3.8) is 0 Å². The van der Waals surface area contributed by atoms with Gasteiger partial charge in [-0.25, -0.2) is 14.8 Å². The van der Waals surface area contributed by atoms with E-state index < -0.39 is 0 Å². The molecule has 1 aliphatic heterocycles. The van der Waals surface area contributed by atoms with Crippen molar-refractivity contribution in [2.45, 2.75) is 44.1 Å². The number of anilines is 1. The quantitative estimate of drug-likeness (QED) is 0.382. The Hall–Kier alpha value is -3.45. The maximum atomic E-state index is 12.1. The van der Waals surface area contributed by atoms with Crippen LogP contribution in [-0.4, -0.2) is 47.7 Å². The smallest absolute Gasteiger partial charge is 0.337 e. The van der Waals surface area contributed by atoms with Gasteiger partial charge in [0.05, 0.1) is 23.5 Å². The maximum absolute atomic E-state index is 12.1. The third-order valence-corrected chi connectivity index (χ3v) is 7.25. The summed E-state index contributed by atoms with van der Waals surface area (Å²) in [5.41, 5.74) is 3.03. The molecule has 4 aromatic rings. The topological polar surface area (TPSA) is 91.9 Å². The average molecular weight is 458 g/mol. The van der Waals surface area contributed by atoms with Crippen molar-refractivity contribution in [2.75, 3.05) is 26.0 Å². The Kier molecular flexibility index (Phi) is 5.96. The van der Waals surface area contributed by atoms with Crippen molar-refractivity contribution in [2.24, 2.45) is 0 Å². The fourth-order valence-electron chi connectivity index (χ4n) is 5.31. The van der Waals surface area contributed by atoms with E-state index in [1.54, 1.807) is 6.07 Å². The molecule has 7 nitrogen and oxygen atoms in total. The average Bonchev–Trinajstić information content (AvgIpc) is 3.26. The molecule has 2 bridgehead atoms. The highest BCUT2D eigenvalue weighted by Gasteiger charge is 2.39. The summed E-state index contributed by atoms with van der Waals surface area (Å²) in [6.45, 7) is 3.06. The summed E-state index contributed by atoms with van der Waals surface area (Å²) in [7, 11) is 3.44. The number of nitrogens with one attached hydrogen (secondary N) is 3. The summed E-state index contributed by atoms with van der Waals surface area (Å²) in [6, 6.07) is 16.5. The van der Waals surface area contributed by atoms with Crippen LogP contribution in [0.4, 0.5) is 5.82 Å². The van der Waals surface area contributed by atoms with Gasteiger partial charge in [-0.1, -0.05) is 43.3 Å². The van der Waals surface area contributed by atoms with Crippen LogP contribution < -0.4 is 10.6 Å². The molecule has 2 aromatic carbocycles. The van der Waals surface area contributed by atoms with Gasteiger partial charge in [0, 0.05) is 23.5 Å². The minimum absolute atomic E-state index is 0.328. The van der Waals surface area contributed by atoms with Gasteiger partial charge < -0.3 is 20.4 Å². The number of esters is 1. The van der Waals surface area contributed by atoms with Gasteiger partial charge in [0.15, 0.2) is 0 Å². The van der Waals surface area contributed by atoms with Gasteiger partial charge in [0.25, 0.3) is 0 Å². The monoisotopic (exact) mass is 457 g/mol. The Morgan fingerprint density at radius 2 is 2.03 bits per heavy atom. The van der Waals surface area contributed by atoms with E-state index in [2.05, 4.69) is 52.9 Å². The van der Waals surface area contributed by atoms with Crippen molar-refractivity contribution in [1.29, 1.82) is 0 Å². The van der Waals surface area contributed by atoms with E-state index in [9.17, 15) is 4.79 Å². The van der Waals surface area contributed by atoms with Gasteiger partial charge >= 0.3 is 5.97 Å². The summed E-state index contributed by atoms with van der Waals surface area (Å²) in [4.78, 5) is 25.8. The lowest BCUT2D eigenvalue weighted by Gasteiger charge is -2.36. The SMILES string of the molecule is CCC1(c2ccccc2)CC(NC)CCCNc2nc1nc1[nH]c3cc(C(=O)OC)ccc3c21. The van der Waals surface area contributed by atoms with Crippen LogP contribution >= 0.6 is 0 Å². The summed E-state index contributed by atoms with van der Waals surface area (Å²) in [6.07, 6.45) is 3.91.